The number of rotatable bonds is 4. The summed E-state index contributed by atoms with van der Waals surface area (Å²) in [6.45, 7) is -0.0734. The fourth-order valence-corrected chi connectivity index (χ4v) is 1.46. The Morgan fingerprint density at radius 1 is 1.40 bits per heavy atom. The summed E-state index contributed by atoms with van der Waals surface area (Å²) in [5.74, 6) is 0. The van der Waals surface area contributed by atoms with Crippen LogP contribution in [0.1, 0.15) is 5.56 Å². The highest BCUT2D eigenvalue weighted by Gasteiger charge is 2.13. The van der Waals surface area contributed by atoms with Gasteiger partial charge < -0.3 is 0 Å². The van der Waals surface area contributed by atoms with Gasteiger partial charge in [0, 0.05) is 18.2 Å². The van der Waals surface area contributed by atoms with E-state index in [1.165, 1.54) is 18.2 Å². The van der Waals surface area contributed by atoms with Gasteiger partial charge >= 0.3 is 0 Å². The molecule has 15 heavy (non-hydrogen) atoms. The molecule has 0 aromatic heterocycles. The first-order valence-corrected chi connectivity index (χ1v) is 5.96. The van der Waals surface area contributed by atoms with Crippen LogP contribution in [0.2, 0.25) is 0 Å². The maximum Gasteiger partial charge on any atom is 0.273 e. The van der Waals surface area contributed by atoms with Crippen molar-refractivity contribution in [3.8, 4) is 0 Å². The quantitative estimate of drug-likeness (QED) is 0.607. The third kappa shape index (κ3) is 3.64. The molecule has 0 bridgehead atoms. The average molecular weight is 230 g/mol. The molecule has 0 saturated carbocycles. The molecule has 0 fully saturated rings. The maximum atomic E-state index is 10.8. The molecule has 0 radical (unpaired) electrons. The molecule has 1 aromatic rings. The Balaban J connectivity index is 2.90. The van der Waals surface area contributed by atoms with E-state index >= 15 is 0 Å². The van der Waals surface area contributed by atoms with Gasteiger partial charge in [-0.1, -0.05) is 18.2 Å². The molecule has 0 aliphatic rings. The van der Waals surface area contributed by atoms with Gasteiger partial charge in [0.05, 0.1) is 11.2 Å². The Morgan fingerprint density at radius 2 is 2.00 bits per heavy atom. The molecule has 0 aliphatic carbocycles. The molecule has 6 nitrogen and oxygen atoms in total. The van der Waals surface area contributed by atoms with E-state index < -0.39 is 14.9 Å². The number of benzene rings is 1. The molecular weight excluding hydrogens is 220 g/mol. The number of hydrogen-bond acceptors (Lipinski definition) is 4. The predicted molar refractivity (Wildman–Crippen MR) is 54.8 cm³/mol. The van der Waals surface area contributed by atoms with E-state index in [0.717, 1.165) is 6.26 Å². The van der Waals surface area contributed by atoms with Gasteiger partial charge in [-0.05, 0) is 0 Å². The summed E-state index contributed by atoms with van der Waals surface area (Å²) < 4.78 is 23.8. The van der Waals surface area contributed by atoms with Crippen LogP contribution in [0.5, 0.6) is 0 Å². The summed E-state index contributed by atoms with van der Waals surface area (Å²) in [4.78, 5) is 10.0. The molecule has 0 amide bonds. The van der Waals surface area contributed by atoms with Crippen molar-refractivity contribution in [2.24, 2.45) is 0 Å². The number of nitro benzene ring substituents is 1. The van der Waals surface area contributed by atoms with Crippen molar-refractivity contribution in [2.45, 2.75) is 6.54 Å². The van der Waals surface area contributed by atoms with Gasteiger partial charge in [0.1, 0.15) is 0 Å². The lowest BCUT2D eigenvalue weighted by molar-refractivity contribution is -0.385. The number of sulfonamides is 1. The molecule has 1 rings (SSSR count). The van der Waals surface area contributed by atoms with E-state index in [0.29, 0.717) is 5.56 Å². The highest BCUT2D eigenvalue weighted by molar-refractivity contribution is 7.88. The van der Waals surface area contributed by atoms with Crippen LogP contribution in [0.25, 0.3) is 0 Å². The van der Waals surface area contributed by atoms with E-state index in [9.17, 15) is 18.5 Å². The van der Waals surface area contributed by atoms with Crippen LogP contribution in [-0.4, -0.2) is 19.6 Å². The topological polar surface area (TPSA) is 89.3 Å². The van der Waals surface area contributed by atoms with E-state index in [-0.39, 0.29) is 12.2 Å². The van der Waals surface area contributed by atoms with Crippen LogP contribution in [-0.2, 0) is 16.6 Å². The fraction of sp³-hybridized carbons (Fsp3) is 0.250. The predicted octanol–water partition coefficient (Wildman–Crippen LogP) is 0.644. The van der Waals surface area contributed by atoms with Gasteiger partial charge in [-0.15, -0.1) is 0 Å². The fourth-order valence-electron chi connectivity index (χ4n) is 1.05. The van der Waals surface area contributed by atoms with Crippen molar-refractivity contribution < 1.29 is 13.3 Å². The standard InChI is InChI=1S/C8H10N2O4S/c1-15(13,14)9-6-7-4-2-3-5-8(7)10(11)12/h2-5,9H,6H2,1H3. The zero-order valence-electron chi connectivity index (χ0n) is 8.00. The Labute approximate surface area is 87.1 Å². The second kappa shape index (κ2) is 4.37. The molecule has 0 aliphatic heterocycles. The molecule has 0 spiro atoms. The minimum Gasteiger partial charge on any atom is -0.258 e. The van der Waals surface area contributed by atoms with E-state index in [2.05, 4.69) is 4.72 Å². The lowest BCUT2D eigenvalue weighted by Crippen LogP contribution is -2.21. The normalized spacial score (nSPS) is 11.3. The number of hydrogen-bond donors (Lipinski definition) is 1. The highest BCUT2D eigenvalue weighted by Crippen LogP contribution is 2.17. The van der Waals surface area contributed by atoms with Gasteiger partial charge in [0.15, 0.2) is 0 Å². The van der Waals surface area contributed by atoms with Crippen LogP contribution >= 0.6 is 0 Å². The van der Waals surface area contributed by atoms with Gasteiger partial charge in [0.25, 0.3) is 5.69 Å². The Hall–Kier alpha value is -1.47. The average Bonchev–Trinajstić information content (AvgIpc) is 2.14. The monoisotopic (exact) mass is 230 g/mol. The summed E-state index contributed by atoms with van der Waals surface area (Å²) in [5.41, 5.74) is 0.251. The van der Waals surface area contributed by atoms with E-state index in [1.807, 2.05) is 0 Å². The van der Waals surface area contributed by atoms with Gasteiger partial charge in [-0.2, -0.15) is 0 Å². The molecule has 1 N–H and O–H groups in total. The van der Waals surface area contributed by atoms with E-state index in [1.54, 1.807) is 6.07 Å². The second-order valence-electron chi connectivity index (χ2n) is 2.98. The van der Waals surface area contributed by atoms with Crippen LogP contribution in [0.4, 0.5) is 5.69 Å². The maximum absolute atomic E-state index is 10.8. The van der Waals surface area contributed by atoms with Crippen LogP contribution in [0, 0.1) is 10.1 Å². The summed E-state index contributed by atoms with van der Waals surface area (Å²) in [6.07, 6.45) is 1.00. The lowest BCUT2D eigenvalue weighted by atomic mass is 10.2. The third-order valence-corrected chi connectivity index (χ3v) is 2.38. The Morgan fingerprint density at radius 3 is 2.53 bits per heavy atom. The van der Waals surface area contributed by atoms with Crippen molar-refractivity contribution in [3.05, 3.63) is 39.9 Å². The first-order valence-electron chi connectivity index (χ1n) is 4.07. The number of para-hydroxylation sites is 1. The number of nitro groups is 1. The number of nitrogens with zero attached hydrogens (tertiary/aromatic N) is 1. The smallest absolute Gasteiger partial charge is 0.258 e. The van der Waals surface area contributed by atoms with Crippen LogP contribution < -0.4 is 4.72 Å². The largest absolute Gasteiger partial charge is 0.273 e. The van der Waals surface area contributed by atoms with Crippen molar-refractivity contribution in [2.75, 3.05) is 6.26 Å². The van der Waals surface area contributed by atoms with Crippen molar-refractivity contribution in [1.29, 1.82) is 0 Å². The minimum atomic E-state index is -3.34. The Bertz CT molecular complexity index is 469. The highest BCUT2D eigenvalue weighted by atomic mass is 32.2. The number of nitrogens with one attached hydrogen (secondary N) is 1. The van der Waals surface area contributed by atoms with Gasteiger partial charge in [-0.25, -0.2) is 13.1 Å². The molecule has 0 saturated heterocycles. The first kappa shape index (κ1) is 11.6. The molecule has 82 valence electrons. The van der Waals surface area contributed by atoms with Crippen LogP contribution in [0.3, 0.4) is 0 Å². The molecule has 0 atom stereocenters. The van der Waals surface area contributed by atoms with E-state index in [4.69, 9.17) is 0 Å². The van der Waals surface area contributed by atoms with Crippen molar-refractivity contribution >= 4 is 15.7 Å². The van der Waals surface area contributed by atoms with Gasteiger partial charge in [0.2, 0.25) is 10.0 Å². The lowest BCUT2D eigenvalue weighted by Gasteiger charge is -2.02. The summed E-state index contributed by atoms with van der Waals surface area (Å²) in [7, 11) is -3.34. The van der Waals surface area contributed by atoms with Crippen molar-refractivity contribution in [1.82, 2.24) is 4.72 Å². The summed E-state index contributed by atoms with van der Waals surface area (Å²) in [6, 6.07) is 5.99. The minimum absolute atomic E-state index is 0.0734. The SMILES string of the molecule is CS(=O)(=O)NCc1ccccc1[N+](=O)[O-]. The molecular formula is C8H10N2O4S. The molecule has 0 unspecified atom stereocenters. The van der Waals surface area contributed by atoms with Crippen molar-refractivity contribution in [3.63, 3.8) is 0 Å². The summed E-state index contributed by atoms with van der Waals surface area (Å²) >= 11 is 0. The molecule has 1 aromatic carbocycles. The summed E-state index contributed by atoms with van der Waals surface area (Å²) in [5, 5.41) is 10.6. The van der Waals surface area contributed by atoms with Gasteiger partial charge in [-0.3, -0.25) is 10.1 Å². The Kier molecular flexibility index (Phi) is 3.38. The molecule has 0 heterocycles. The second-order valence-corrected chi connectivity index (χ2v) is 4.81. The van der Waals surface area contributed by atoms with Crippen LogP contribution in [0.15, 0.2) is 24.3 Å². The third-order valence-electron chi connectivity index (χ3n) is 1.71. The zero-order chi connectivity index (χ0) is 11.5. The first-order chi connectivity index (χ1) is 6.90. The zero-order valence-corrected chi connectivity index (χ0v) is 8.82. The molecule has 7 heteroatoms.